The van der Waals surface area contributed by atoms with Crippen LogP contribution in [0.3, 0.4) is 0 Å². The van der Waals surface area contributed by atoms with Gasteiger partial charge in [-0.1, -0.05) is 12.1 Å². The van der Waals surface area contributed by atoms with E-state index in [1.54, 1.807) is 31.3 Å². The Morgan fingerprint density at radius 1 is 1.07 bits per heavy atom. The largest absolute Gasteiger partial charge is 0.495 e. The average molecular weight is 379 g/mol. The van der Waals surface area contributed by atoms with Crippen LogP contribution in [-0.4, -0.2) is 58.9 Å². The maximum Gasteiger partial charge on any atom is 0.275 e. The van der Waals surface area contributed by atoms with Crippen LogP contribution < -0.4 is 15.2 Å². The standard InChI is InChI=1S/C20H21N5O3/c1-23-19(26)14-7-8-21-13-15(14)18(22-23)20(27)25-11-9-24(10-12-25)16-5-3-4-6-17(16)28-2/h3-8,13H,9-12H2,1-2H3. The van der Waals surface area contributed by atoms with Gasteiger partial charge in [-0.2, -0.15) is 5.10 Å². The highest BCUT2D eigenvalue weighted by Gasteiger charge is 2.26. The second-order valence-corrected chi connectivity index (χ2v) is 6.65. The van der Waals surface area contributed by atoms with Crippen LogP contribution in [-0.2, 0) is 7.05 Å². The summed E-state index contributed by atoms with van der Waals surface area (Å²) in [6.45, 7) is 2.49. The van der Waals surface area contributed by atoms with Gasteiger partial charge in [-0.25, -0.2) is 4.68 Å². The minimum atomic E-state index is -0.241. The van der Waals surface area contributed by atoms with Gasteiger partial charge in [0.05, 0.1) is 18.2 Å². The average Bonchev–Trinajstić information content (AvgIpc) is 2.76. The van der Waals surface area contributed by atoms with E-state index in [0.717, 1.165) is 11.4 Å². The fraction of sp³-hybridized carbons (Fsp3) is 0.300. The van der Waals surface area contributed by atoms with Gasteiger partial charge in [-0.05, 0) is 18.2 Å². The molecular weight excluding hydrogens is 358 g/mol. The zero-order chi connectivity index (χ0) is 19.7. The first-order valence-corrected chi connectivity index (χ1v) is 9.08. The number of hydrogen-bond donors (Lipinski definition) is 0. The van der Waals surface area contributed by atoms with Gasteiger partial charge in [-0.15, -0.1) is 0 Å². The van der Waals surface area contributed by atoms with Gasteiger partial charge in [0.2, 0.25) is 0 Å². The molecule has 1 aromatic carbocycles. The molecule has 144 valence electrons. The van der Waals surface area contributed by atoms with Gasteiger partial charge in [0.1, 0.15) is 5.75 Å². The molecule has 0 radical (unpaired) electrons. The molecular formula is C20H21N5O3. The number of para-hydroxylation sites is 2. The van der Waals surface area contributed by atoms with Crippen LogP contribution in [0.25, 0.3) is 10.8 Å². The van der Waals surface area contributed by atoms with Crippen LogP contribution in [0.4, 0.5) is 5.69 Å². The van der Waals surface area contributed by atoms with E-state index >= 15 is 0 Å². The van der Waals surface area contributed by atoms with Gasteiger partial charge < -0.3 is 14.5 Å². The highest BCUT2D eigenvalue weighted by Crippen LogP contribution is 2.28. The number of carbonyl (C=O) groups is 1. The first-order chi connectivity index (χ1) is 13.6. The molecule has 2 aromatic heterocycles. The lowest BCUT2D eigenvalue weighted by Gasteiger charge is -2.36. The van der Waals surface area contributed by atoms with E-state index in [-0.39, 0.29) is 17.2 Å². The van der Waals surface area contributed by atoms with Crippen molar-refractivity contribution in [1.29, 1.82) is 0 Å². The van der Waals surface area contributed by atoms with Gasteiger partial charge in [0.25, 0.3) is 11.5 Å². The van der Waals surface area contributed by atoms with Gasteiger partial charge in [-0.3, -0.25) is 14.6 Å². The van der Waals surface area contributed by atoms with Crippen molar-refractivity contribution in [1.82, 2.24) is 19.7 Å². The molecule has 1 aliphatic rings. The zero-order valence-corrected chi connectivity index (χ0v) is 15.8. The molecule has 1 amide bonds. The Labute approximate surface area is 162 Å². The number of methoxy groups -OCH3 is 1. The number of pyridine rings is 1. The number of nitrogens with zero attached hydrogens (tertiary/aromatic N) is 5. The van der Waals surface area contributed by atoms with Crippen LogP contribution in [0, 0.1) is 0 Å². The summed E-state index contributed by atoms with van der Waals surface area (Å²) in [5, 5.41) is 5.16. The highest BCUT2D eigenvalue weighted by molar-refractivity contribution is 6.04. The Bertz CT molecular complexity index is 1090. The quantitative estimate of drug-likeness (QED) is 0.682. The Hall–Kier alpha value is -3.42. The molecule has 4 rings (SSSR count). The second-order valence-electron chi connectivity index (χ2n) is 6.65. The molecule has 0 spiro atoms. The number of amides is 1. The van der Waals surface area contributed by atoms with Crippen molar-refractivity contribution in [3.8, 4) is 5.75 Å². The number of carbonyl (C=O) groups excluding carboxylic acids is 1. The summed E-state index contributed by atoms with van der Waals surface area (Å²) in [6.07, 6.45) is 3.08. The monoisotopic (exact) mass is 379 g/mol. The molecule has 1 aliphatic heterocycles. The van der Waals surface area contributed by atoms with Gasteiger partial charge in [0, 0.05) is 51.0 Å². The van der Waals surface area contributed by atoms with Crippen LogP contribution in [0.2, 0.25) is 0 Å². The molecule has 1 fully saturated rings. The van der Waals surface area contributed by atoms with E-state index in [0.29, 0.717) is 37.0 Å². The third kappa shape index (κ3) is 3.06. The molecule has 1 saturated heterocycles. The van der Waals surface area contributed by atoms with E-state index in [9.17, 15) is 9.59 Å². The van der Waals surface area contributed by atoms with Crippen LogP contribution in [0.1, 0.15) is 10.5 Å². The van der Waals surface area contributed by atoms with Crippen molar-refractivity contribution in [3.63, 3.8) is 0 Å². The molecule has 0 N–H and O–H groups in total. The molecule has 0 atom stereocenters. The summed E-state index contributed by atoms with van der Waals surface area (Å²) in [5.41, 5.74) is 1.04. The third-order valence-electron chi connectivity index (χ3n) is 5.05. The predicted molar refractivity (Wildman–Crippen MR) is 106 cm³/mol. The summed E-state index contributed by atoms with van der Waals surface area (Å²) >= 11 is 0. The Morgan fingerprint density at radius 3 is 2.57 bits per heavy atom. The lowest BCUT2D eigenvalue weighted by atomic mass is 10.1. The normalized spacial score (nSPS) is 14.4. The SMILES string of the molecule is COc1ccccc1N1CCN(C(=O)c2nn(C)c(=O)c3ccncc23)CC1. The van der Waals surface area contributed by atoms with Gasteiger partial charge in [0.15, 0.2) is 5.69 Å². The van der Waals surface area contributed by atoms with Crippen molar-refractivity contribution in [2.24, 2.45) is 7.05 Å². The van der Waals surface area contributed by atoms with E-state index in [4.69, 9.17) is 4.74 Å². The Balaban J connectivity index is 1.58. The van der Waals surface area contributed by atoms with Crippen molar-refractivity contribution in [2.45, 2.75) is 0 Å². The molecule has 0 unspecified atom stereocenters. The maximum absolute atomic E-state index is 13.1. The number of rotatable bonds is 3. The molecule has 0 bridgehead atoms. The Kier molecular flexibility index (Phi) is 4.68. The van der Waals surface area contributed by atoms with Crippen molar-refractivity contribution in [3.05, 3.63) is 58.8 Å². The summed E-state index contributed by atoms with van der Waals surface area (Å²) in [5.74, 6) is 0.632. The molecule has 0 saturated carbocycles. The molecule has 28 heavy (non-hydrogen) atoms. The number of anilines is 1. The molecule has 0 aliphatic carbocycles. The molecule has 8 heteroatoms. The van der Waals surface area contributed by atoms with Crippen LogP contribution >= 0.6 is 0 Å². The number of ether oxygens (including phenoxy) is 1. The summed E-state index contributed by atoms with van der Waals surface area (Å²) in [7, 11) is 3.21. The number of fused-ring (bicyclic) bond motifs is 1. The van der Waals surface area contributed by atoms with Crippen molar-refractivity contribution < 1.29 is 9.53 Å². The Morgan fingerprint density at radius 2 is 1.82 bits per heavy atom. The van der Waals surface area contributed by atoms with E-state index in [1.807, 2.05) is 24.3 Å². The maximum atomic E-state index is 13.1. The minimum Gasteiger partial charge on any atom is -0.495 e. The number of aryl methyl sites for hydroxylation is 1. The van der Waals surface area contributed by atoms with E-state index in [2.05, 4.69) is 15.0 Å². The summed E-state index contributed by atoms with van der Waals surface area (Å²) < 4.78 is 6.65. The van der Waals surface area contributed by atoms with Crippen molar-refractivity contribution in [2.75, 3.05) is 38.2 Å². The van der Waals surface area contributed by atoms with E-state index < -0.39 is 0 Å². The summed E-state index contributed by atoms with van der Waals surface area (Å²) in [6, 6.07) is 9.48. The predicted octanol–water partition coefficient (Wildman–Crippen LogP) is 1.30. The van der Waals surface area contributed by atoms with Crippen LogP contribution in [0.15, 0.2) is 47.5 Å². The van der Waals surface area contributed by atoms with Gasteiger partial charge >= 0.3 is 0 Å². The fourth-order valence-corrected chi connectivity index (χ4v) is 3.54. The first kappa shape index (κ1) is 18.0. The summed E-state index contributed by atoms with van der Waals surface area (Å²) in [4.78, 5) is 33.4. The first-order valence-electron chi connectivity index (χ1n) is 9.08. The zero-order valence-electron chi connectivity index (χ0n) is 15.8. The lowest BCUT2D eigenvalue weighted by molar-refractivity contribution is 0.0740. The fourth-order valence-electron chi connectivity index (χ4n) is 3.54. The number of hydrogen-bond acceptors (Lipinski definition) is 6. The molecule has 3 aromatic rings. The number of piperazine rings is 1. The third-order valence-corrected chi connectivity index (χ3v) is 5.05. The molecule has 3 heterocycles. The second kappa shape index (κ2) is 7.30. The smallest absolute Gasteiger partial charge is 0.275 e. The van der Waals surface area contributed by atoms with Crippen LogP contribution in [0.5, 0.6) is 5.75 Å². The topological polar surface area (TPSA) is 80.6 Å². The molecule has 8 nitrogen and oxygen atoms in total. The number of benzene rings is 1. The highest BCUT2D eigenvalue weighted by atomic mass is 16.5. The van der Waals surface area contributed by atoms with Crippen molar-refractivity contribution >= 4 is 22.4 Å². The minimum absolute atomic E-state index is 0.187. The van der Waals surface area contributed by atoms with E-state index in [1.165, 1.54) is 10.9 Å². The number of aromatic nitrogens is 3. The lowest BCUT2D eigenvalue weighted by Crippen LogP contribution is -2.49.